The van der Waals surface area contributed by atoms with Crippen LogP contribution in [0.1, 0.15) is 77.1 Å². The number of H-pyrrole nitrogens is 2. The van der Waals surface area contributed by atoms with Gasteiger partial charge in [-0.15, -0.1) is 0 Å². The van der Waals surface area contributed by atoms with E-state index in [0.717, 1.165) is 36.1 Å². The van der Waals surface area contributed by atoms with E-state index in [4.69, 9.17) is 14.5 Å². The number of halogens is 1. The minimum Gasteiger partial charge on any atom is -0.453 e. The van der Waals surface area contributed by atoms with Crippen molar-refractivity contribution in [2.75, 3.05) is 14.2 Å². The van der Waals surface area contributed by atoms with Crippen LogP contribution >= 0.6 is 0 Å². The van der Waals surface area contributed by atoms with Crippen molar-refractivity contribution in [3.8, 4) is 22.4 Å². The van der Waals surface area contributed by atoms with Crippen molar-refractivity contribution in [3.63, 3.8) is 0 Å². The van der Waals surface area contributed by atoms with Crippen molar-refractivity contribution in [2.24, 2.45) is 23.7 Å². The zero-order valence-corrected chi connectivity index (χ0v) is 31.8. The number of likely N-dealkylation sites (tertiary alicyclic amines) is 2. The van der Waals surface area contributed by atoms with Gasteiger partial charge in [-0.2, -0.15) is 0 Å². The molecule has 15 heteroatoms. The van der Waals surface area contributed by atoms with Crippen LogP contribution in [0, 0.1) is 29.5 Å². The van der Waals surface area contributed by atoms with Crippen LogP contribution in [0.5, 0.6) is 0 Å². The maximum Gasteiger partial charge on any atom is 0.407 e. The van der Waals surface area contributed by atoms with Crippen LogP contribution in [0.15, 0.2) is 42.6 Å². The Morgan fingerprint density at radius 2 is 1.27 bits per heavy atom. The highest BCUT2D eigenvalue weighted by Crippen LogP contribution is 2.54. The smallest absolute Gasteiger partial charge is 0.407 e. The van der Waals surface area contributed by atoms with E-state index in [1.807, 2.05) is 67.8 Å². The van der Waals surface area contributed by atoms with Crippen molar-refractivity contribution >= 4 is 35.0 Å². The summed E-state index contributed by atoms with van der Waals surface area (Å²) in [6, 6.07) is 9.20. The highest BCUT2D eigenvalue weighted by molar-refractivity contribution is 5.88. The zero-order valence-electron chi connectivity index (χ0n) is 31.8. The van der Waals surface area contributed by atoms with E-state index in [-0.39, 0.29) is 53.3 Å². The van der Waals surface area contributed by atoms with Gasteiger partial charge in [-0.3, -0.25) is 9.59 Å². The number of piperidine rings is 2. The molecule has 2 aliphatic carbocycles. The molecule has 0 spiro atoms. The van der Waals surface area contributed by atoms with Crippen LogP contribution in [0.2, 0.25) is 0 Å². The molecule has 2 aliphatic heterocycles. The van der Waals surface area contributed by atoms with Gasteiger partial charge in [-0.05, 0) is 78.2 Å². The number of hydrogen-bond donors (Lipinski definition) is 4. The molecule has 4 amide bonds. The normalized spacial score (nSPS) is 24.7. The van der Waals surface area contributed by atoms with Crippen molar-refractivity contribution < 1.29 is 33.0 Å². The predicted octanol–water partition coefficient (Wildman–Crippen LogP) is 5.84. The first-order valence-corrected chi connectivity index (χ1v) is 19.0. The summed E-state index contributed by atoms with van der Waals surface area (Å²) < 4.78 is 25.2. The topological polar surface area (TPSA) is 175 Å². The molecule has 8 atom stereocenters. The SMILES string of the molecule is COC(=O)N[C@H](C(=O)N1[C@@H]2C[C@@H]2C[C@H]1c1ncc(-c2ccc(-c3cc(F)c4nc([C@@H]5C[C@H]6C[C@H]6N5C(=O)[C@@H](NC(=O)OC)C(C)C)[nH]c4c3)cc2)[nH]1)C(C)C. The number of aromatic amines is 2. The van der Waals surface area contributed by atoms with Gasteiger partial charge in [0.2, 0.25) is 11.8 Å². The second-order valence-corrected chi connectivity index (χ2v) is 16.1. The van der Waals surface area contributed by atoms with Crippen LogP contribution in [0.3, 0.4) is 0 Å². The molecule has 4 aromatic rings. The van der Waals surface area contributed by atoms with Gasteiger partial charge in [-0.1, -0.05) is 52.0 Å². The first kappa shape index (κ1) is 36.5. The fourth-order valence-corrected chi connectivity index (χ4v) is 8.67. The summed E-state index contributed by atoms with van der Waals surface area (Å²) in [6.07, 6.45) is 3.82. The fourth-order valence-electron chi connectivity index (χ4n) is 8.67. The lowest BCUT2D eigenvalue weighted by atomic mass is 10.0. The molecule has 4 fully saturated rings. The highest BCUT2D eigenvalue weighted by atomic mass is 19.1. The number of benzene rings is 2. The number of rotatable bonds is 10. The standard InChI is InChI=1S/C40H47FN8O6/c1-18(2)32(46-39(52)54-5)37(50)48-28-13-23(28)15-30(48)35-42-17-27(44-35)21-9-7-20(8-10-21)22-11-25(41)34-26(12-22)43-36(45-34)31-16-24-14-29(24)49(31)38(51)33(19(3)4)47-40(53)55-6/h7-12,17-19,23-24,28-33H,13-16H2,1-6H3,(H,42,44)(H,43,45)(H,46,52)(H,47,53)/t23-,24-,28-,29-,30+,31+,32+,33+/m1/s1. The summed E-state index contributed by atoms with van der Waals surface area (Å²) in [6.45, 7) is 7.54. The lowest BCUT2D eigenvalue weighted by molar-refractivity contribution is -0.137. The number of aromatic nitrogens is 4. The predicted molar refractivity (Wildman–Crippen MR) is 200 cm³/mol. The van der Waals surface area contributed by atoms with E-state index >= 15 is 4.39 Å². The van der Waals surface area contributed by atoms with Gasteiger partial charge in [0.05, 0.1) is 43.7 Å². The summed E-state index contributed by atoms with van der Waals surface area (Å²) in [5, 5.41) is 5.40. The van der Waals surface area contributed by atoms with E-state index in [2.05, 4.69) is 25.6 Å². The van der Waals surface area contributed by atoms with Gasteiger partial charge >= 0.3 is 12.2 Å². The average molecular weight is 755 g/mol. The molecular formula is C40H47FN8O6. The summed E-state index contributed by atoms with van der Waals surface area (Å²) >= 11 is 0. The third-order valence-corrected chi connectivity index (χ3v) is 11.8. The molecule has 4 N–H and O–H groups in total. The quantitative estimate of drug-likeness (QED) is 0.156. The van der Waals surface area contributed by atoms with E-state index in [1.54, 1.807) is 6.20 Å². The number of amides is 4. The summed E-state index contributed by atoms with van der Waals surface area (Å²) in [5.41, 5.74) is 3.88. The minimum atomic E-state index is -0.759. The Kier molecular flexibility index (Phi) is 9.28. The van der Waals surface area contributed by atoms with Gasteiger partial charge in [-0.25, -0.2) is 23.9 Å². The summed E-state index contributed by atoms with van der Waals surface area (Å²) in [4.78, 5) is 71.5. The molecule has 0 radical (unpaired) electrons. The Labute approximate surface area is 317 Å². The number of methoxy groups -OCH3 is 2. The van der Waals surface area contributed by atoms with Crippen molar-refractivity contribution in [1.82, 2.24) is 40.4 Å². The number of ether oxygens (including phenoxy) is 2. The molecule has 2 aromatic carbocycles. The lowest BCUT2D eigenvalue weighted by Crippen LogP contribution is -2.52. The molecular weight excluding hydrogens is 707 g/mol. The monoisotopic (exact) mass is 754 g/mol. The van der Waals surface area contributed by atoms with Crippen LogP contribution in [0.25, 0.3) is 33.4 Å². The first-order chi connectivity index (χ1) is 26.4. The second-order valence-electron chi connectivity index (χ2n) is 16.1. The number of carbonyl (C=O) groups is 4. The summed E-state index contributed by atoms with van der Waals surface area (Å²) in [7, 11) is 2.55. The number of fused-ring (bicyclic) bond motifs is 3. The number of imidazole rings is 2. The third kappa shape index (κ3) is 6.67. The fraction of sp³-hybridized carbons (Fsp3) is 0.500. The van der Waals surface area contributed by atoms with Crippen molar-refractivity contribution in [3.05, 3.63) is 60.1 Å². The number of carbonyl (C=O) groups excluding carboxylic acids is 4. The Bertz CT molecular complexity index is 2150. The van der Waals surface area contributed by atoms with Crippen LogP contribution < -0.4 is 10.6 Å². The Morgan fingerprint density at radius 1 is 0.745 bits per heavy atom. The second kappa shape index (κ2) is 14.0. The molecule has 290 valence electrons. The van der Waals surface area contributed by atoms with Crippen LogP contribution in [-0.2, 0) is 19.1 Å². The van der Waals surface area contributed by atoms with Crippen molar-refractivity contribution in [2.45, 2.75) is 89.6 Å². The molecule has 2 aromatic heterocycles. The van der Waals surface area contributed by atoms with Gasteiger partial charge < -0.3 is 39.9 Å². The number of hydrogen-bond acceptors (Lipinski definition) is 8. The largest absolute Gasteiger partial charge is 0.453 e. The van der Waals surface area contributed by atoms with E-state index < -0.39 is 30.1 Å². The van der Waals surface area contributed by atoms with Gasteiger partial charge in [0.1, 0.15) is 29.2 Å². The average Bonchev–Trinajstić information content (AvgIpc) is 3.79. The number of alkyl carbamates (subject to hydrolysis) is 2. The highest BCUT2D eigenvalue weighted by Gasteiger charge is 2.57. The summed E-state index contributed by atoms with van der Waals surface area (Å²) in [5.74, 6) is 0.885. The van der Waals surface area contributed by atoms with E-state index in [0.29, 0.717) is 41.0 Å². The minimum absolute atomic E-state index is 0.0639. The maximum atomic E-state index is 15.7. The molecule has 14 nitrogen and oxygen atoms in total. The van der Waals surface area contributed by atoms with E-state index in [1.165, 1.54) is 20.3 Å². The maximum absolute atomic E-state index is 15.7. The molecule has 0 unspecified atom stereocenters. The number of nitrogens with one attached hydrogen (secondary N) is 4. The number of nitrogens with zero attached hydrogens (tertiary/aromatic N) is 4. The zero-order chi connectivity index (χ0) is 38.9. The molecule has 2 saturated heterocycles. The third-order valence-electron chi connectivity index (χ3n) is 11.8. The molecule has 0 bridgehead atoms. The van der Waals surface area contributed by atoms with Crippen LogP contribution in [-0.4, -0.2) is 92.1 Å². The Hall–Kier alpha value is -5.47. The Balaban J connectivity index is 0.996. The van der Waals surface area contributed by atoms with E-state index in [9.17, 15) is 19.2 Å². The van der Waals surface area contributed by atoms with Crippen molar-refractivity contribution in [1.29, 1.82) is 0 Å². The Morgan fingerprint density at radius 3 is 1.80 bits per heavy atom. The lowest BCUT2D eigenvalue weighted by Gasteiger charge is -2.31. The van der Waals surface area contributed by atoms with Gasteiger partial charge in [0.15, 0.2) is 5.82 Å². The molecule has 2 saturated carbocycles. The van der Waals surface area contributed by atoms with Gasteiger partial charge in [0, 0.05) is 12.1 Å². The van der Waals surface area contributed by atoms with Crippen LogP contribution in [0.4, 0.5) is 14.0 Å². The molecule has 4 heterocycles. The molecule has 4 aliphatic rings. The first-order valence-electron chi connectivity index (χ1n) is 19.0. The molecule has 8 rings (SSSR count). The molecule has 55 heavy (non-hydrogen) atoms. The van der Waals surface area contributed by atoms with Gasteiger partial charge in [0.25, 0.3) is 0 Å².